The number of aliphatic hydroxyl groups excluding tert-OH is 2. The summed E-state index contributed by atoms with van der Waals surface area (Å²) in [6, 6.07) is 4.96. The molecule has 0 saturated carbocycles. The van der Waals surface area contributed by atoms with Crippen LogP contribution in [0.2, 0.25) is 0 Å². The Morgan fingerprint density at radius 3 is 2.22 bits per heavy atom. The van der Waals surface area contributed by atoms with Gasteiger partial charge in [0.1, 0.15) is 36.2 Å². The van der Waals surface area contributed by atoms with Crippen LogP contribution in [0.4, 0.5) is 5.82 Å². The Hall–Kier alpha value is -1.75. The van der Waals surface area contributed by atoms with Crippen molar-refractivity contribution in [1.29, 1.82) is 5.26 Å². The molecule has 5 atom stereocenters. The lowest BCUT2D eigenvalue weighted by molar-refractivity contribution is -0.0642. The first-order valence-corrected chi connectivity index (χ1v) is 19.1. The highest BCUT2D eigenvalue weighted by Gasteiger charge is 2.58. The van der Waals surface area contributed by atoms with Gasteiger partial charge in [-0.05, 0) is 36.5 Å². The molecule has 0 aliphatic carbocycles. The fourth-order valence-electron chi connectivity index (χ4n) is 5.60. The molecule has 0 aromatic carbocycles. The molecule has 0 radical (unpaired) electrons. The van der Waals surface area contributed by atoms with Crippen LogP contribution in [-0.2, 0) is 24.0 Å². The average molecular weight is 670 g/mol. The number of phosphoric acid groups is 1. The lowest BCUT2D eigenvalue weighted by atomic mass is 9.92. The number of unbranched alkanes of at least 4 members (excludes halogenated alkanes) is 13. The summed E-state index contributed by atoms with van der Waals surface area (Å²) in [5, 5.41) is 35.4. The Morgan fingerprint density at radius 1 is 1.00 bits per heavy atom. The second kappa shape index (κ2) is 19.8. The largest absolute Gasteiger partial charge is 0.472 e. The van der Waals surface area contributed by atoms with Crippen molar-refractivity contribution in [2.75, 3.05) is 30.5 Å². The van der Waals surface area contributed by atoms with Crippen LogP contribution in [0.25, 0.3) is 5.52 Å². The van der Waals surface area contributed by atoms with Gasteiger partial charge in [-0.2, -0.15) is 22.1 Å². The second-order valence-corrected chi connectivity index (χ2v) is 14.4. The minimum absolute atomic E-state index is 0.0373. The van der Waals surface area contributed by atoms with Crippen molar-refractivity contribution >= 4 is 30.9 Å². The highest BCUT2D eigenvalue weighted by Crippen LogP contribution is 2.46. The molecule has 3 heterocycles. The first-order chi connectivity index (χ1) is 21.8. The molecule has 1 fully saturated rings. The molecule has 45 heavy (non-hydrogen) atoms. The van der Waals surface area contributed by atoms with Crippen molar-refractivity contribution in [1.82, 2.24) is 14.6 Å². The Bertz CT molecular complexity index is 1230. The van der Waals surface area contributed by atoms with Crippen molar-refractivity contribution in [3.05, 3.63) is 24.2 Å². The Kier molecular flexibility index (Phi) is 16.6. The number of anilines is 1. The third-order valence-electron chi connectivity index (χ3n) is 8.22. The van der Waals surface area contributed by atoms with Crippen LogP contribution in [0.1, 0.15) is 109 Å². The van der Waals surface area contributed by atoms with Gasteiger partial charge in [0.2, 0.25) is 5.60 Å². The summed E-state index contributed by atoms with van der Waals surface area (Å²) in [5.74, 6) is 2.02. The van der Waals surface area contributed by atoms with Gasteiger partial charge >= 0.3 is 7.82 Å². The lowest BCUT2D eigenvalue weighted by Gasteiger charge is -2.24. The molecule has 2 aromatic rings. The number of thioether (sulfide) groups is 1. The van der Waals surface area contributed by atoms with E-state index in [0.29, 0.717) is 11.9 Å². The number of nitrogens with zero attached hydrogens (tertiary/aromatic N) is 4. The SMILES string of the molecule is CCCCCCCCCCCCCCCCSCCCOP(=O)(O)OC[C@H]1O[C@@](C#N)(c2ccc3c(N)ncnn23)[C@H](O)[C@@H]1O. The third kappa shape index (κ3) is 11.5. The van der Waals surface area contributed by atoms with E-state index in [1.807, 2.05) is 6.07 Å². The molecule has 254 valence electrons. The van der Waals surface area contributed by atoms with Crippen molar-refractivity contribution in [2.45, 2.75) is 127 Å². The van der Waals surface area contributed by atoms with E-state index >= 15 is 0 Å². The van der Waals surface area contributed by atoms with Crippen LogP contribution in [0.5, 0.6) is 0 Å². The second-order valence-electron chi connectivity index (χ2n) is 11.8. The maximum Gasteiger partial charge on any atom is 0.472 e. The maximum absolute atomic E-state index is 12.4. The number of hydrogen-bond acceptors (Lipinski definition) is 11. The highest BCUT2D eigenvalue weighted by molar-refractivity contribution is 7.99. The Balaban J connectivity index is 1.23. The fraction of sp³-hybridized carbons (Fsp3) is 0.774. The zero-order valence-corrected chi connectivity index (χ0v) is 28.3. The Morgan fingerprint density at radius 2 is 1.60 bits per heavy atom. The number of nitrogens with two attached hydrogens (primary N) is 1. The smallest absolute Gasteiger partial charge is 0.387 e. The molecule has 1 saturated heterocycles. The lowest BCUT2D eigenvalue weighted by Crippen LogP contribution is -2.41. The molecule has 1 aliphatic rings. The summed E-state index contributed by atoms with van der Waals surface area (Å²) in [6.07, 6.45) is 15.9. The maximum atomic E-state index is 12.4. The van der Waals surface area contributed by atoms with E-state index in [-0.39, 0.29) is 18.1 Å². The summed E-state index contributed by atoms with van der Waals surface area (Å²) in [7, 11) is -4.45. The first-order valence-electron chi connectivity index (χ1n) is 16.5. The van der Waals surface area contributed by atoms with Gasteiger partial charge in [0.25, 0.3) is 0 Å². The molecule has 2 aromatic heterocycles. The number of aliphatic hydroxyl groups is 2. The van der Waals surface area contributed by atoms with Gasteiger partial charge in [-0.1, -0.05) is 90.4 Å². The normalized spacial score (nSPS) is 23.0. The van der Waals surface area contributed by atoms with Crippen molar-refractivity contribution < 1.29 is 33.5 Å². The summed E-state index contributed by atoms with van der Waals surface area (Å²) in [6.45, 7) is 1.72. The summed E-state index contributed by atoms with van der Waals surface area (Å²) < 4.78 is 29.6. The molecule has 1 unspecified atom stereocenters. The summed E-state index contributed by atoms with van der Waals surface area (Å²) in [4.78, 5) is 14.0. The molecule has 0 amide bonds. The molecule has 0 bridgehead atoms. The summed E-state index contributed by atoms with van der Waals surface area (Å²) >= 11 is 1.80. The number of nitriles is 1. The number of hydrogen-bond donors (Lipinski definition) is 4. The van der Waals surface area contributed by atoms with Crippen LogP contribution in [0, 0.1) is 11.3 Å². The van der Waals surface area contributed by atoms with Gasteiger partial charge in [-0.3, -0.25) is 9.05 Å². The fourth-order valence-corrected chi connectivity index (χ4v) is 7.30. The number of ether oxygens (including phenoxy) is 1. The minimum Gasteiger partial charge on any atom is -0.387 e. The topological polar surface area (TPSA) is 185 Å². The third-order valence-corrected chi connectivity index (χ3v) is 10.4. The van der Waals surface area contributed by atoms with Crippen LogP contribution in [0.3, 0.4) is 0 Å². The van der Waals surface area contributed by atoms with Gasteiger partial charge < -0.3 is 25.6 Å². The van der Waals surface area contributed by atoms with E-state index < -0.39 is 38.3 Å². The molecule has 12 nitrogen and oxygen atoms in total. The van der Waals surface area contributed by atoms with Gasteiger partial charge in [-0.15, -0.1) is 0 Å². The zero-order valence-electron chi connectivity index (χ0n) is 26.6. The van der Waals surface area contributed by atoms with Crippen molar-refractivity contribution in [2.24, 2.45) is 0 Å². The minimum atomic E-state index is -4.45. The molecule has 1 aliphatic heterocycles. The standard InChI is InChI=1S/C31H52N5O7PS/c1-2-3-4-5-6-7-8-9-10-11-12-13-14-15-20-45-21-16-19-41-44(39,40)42-22-26-28(37)29(38)31(23-32,43-26)27-18-17-25-30(33)34-24-35-36(25)27/h17-18,24,26,28-29,37-38H,2-16,19-22H2,1H3,(H,39,40)(H2,33,34,35)/t26-,28-,29-,31+/m1/s1. The van der Waals surface area contributed by atoms with Crippen LogP contribution >= 0.6 is 19.6 Å². The van der Waals surface area contributed by atoms with Gasteiger partial charge in [0, 0.05) is 0 Å². The highest BCUT2D eigenvalue weighted by atomic mass is 32.2. The van der Waals surface area contributed by atoms with E-state index in [2.05, 4.69) is 17.0 Å². The van der Waals surface area contributed by atoms with E-state index in [0.717, 1.165) is 11.5 Å². The van der Waals surface area contributed by atoms with E-state index in [1.54, 1.807) is 17.8 Å². The predicted octanol–water partition coefficient (Wildman–Crippen LogP) is 5.89. The van der Waals surface area contributed by atoms with E-state index in [1.165, 1.54) is 107 Å². The molecule has 14 heteroatoms. The van der Waals surface area contributed by atoms with Gasteiger partial charge in [-0.25, -0.2) is 14.1 Å². The quantitative estimate of drug-likeness (QED) is 0.0768. The predicted molar refractivity (Wildman–Crippen MR) is 176 cm³/mol. The van der Waals surface area contributed by atoms with Crippen molar-refractivity contribution in [3.8, 4) is 6.07 Å². The first kappa shape index (κ1) is 37.7. The summed E-state index contributed by atoms with van der Waals surface area (Å²) in [5.41, 5.74) is 4.35. The number of nitrogen functional groups attached to an aromatic ring is 1. The van der Waals surface area contributed by atoms with Crippen molar-refractivity contribution in [3.63, 3.8) is 0 Å². The molecule has 3 rings (SSSR count). The van der Waals surface area contributed by atoms with E-state index in [4.69, 9.17) is 19.5 Å². The number of fused-ring (bicyclic) bond motifs is 1. The Labute approximate surface area is 271 Å². The zero-order chi connectivity index (χ0) is 32.5. The van der Waals surface area contributed by atoms with Gasteiger partial charge in [0.05, 0.1) is 18.9 Å². The van der Waals surface area contributed by atoms with Crippen LogP contribution < -0.4 is 5.73 Å². The monoisotopic (exact) mass is 669 g/mol. The number of aromatic nitrogens is 3. The molecule has 0 spiro atoms. The van der Waals surface area contributed by atoms with E-state index in [9.17, 15) is 24.9 Å². The molecule has 5 N–H and O–H groups in total. The average Bonchev–Trinajstić information content (AvgIpc) is 3.57. The van der Waals surface area contributed by atoms with Crippen LogP contribution in [-0.4, -0.2) is 72.7 Å². The number of phosphoric ester groups is 1. The molecular weight excluding hydrogens is 617 g/mol. The number of rotatable bonds is 24. The van der Waals surface area contributed by atoms with Crippen LogP contribution in [0.15, 0.2) is 18.5 Å². The van der Waals surface area contributed by atoms with Gasteiger partial charge in [0.15, 0.2) is 5.82 Å². The molecular formula is C31H52N5O7PS.